The maximum atomic E-state index is 12.4. The molecule has 4 aromatic rings. The summed E-state index contributed by atoms with van der Waals surface area (Å²) < 4.78 is 29.2. The van der Waals surface area contributed by atoms with E-state index in [1.54, 1.807) is 24.3 Å². The SMILES string of the molecule is CS(=O)(=O)c1cccc(C(=O)Nc2ccc(-c3cc4ccccc4o3)cc2)c1. The molecule has 0 aliphatic rings. The Balaban J connectivity index is 1.54. The first-order valence-electron chi connectivity index (χ1n) is 8.61. The van der Waals surface area contributed by atoms with Crippen molar-refractivity contribution in [2.45, 2.75) is 4.90 Å². The first-order valence-corrected chi connectivity index (χ1v) is 10.5. The number of hydrogen-bond donors (Lipinski definition) is 1. The summed E-state index contributed by atoms with van der Waals surface area (Å²) in [4.78, 5) is 12.6. The van der Waals surface area contributed by atoms with Gasteiger partial charge in [-0.25, -0.2) is 8.42 Å². The molecule has 6 heteroatoms. The molecule has 1 N–H and O–H groups in total. The fraction of sp³-hybridized carbons (Fsp3) is 0.0455. The molecule has 0 aliphatic carbocycles. The lowest BCUT2D eigenvalue weighted by molar-refractivity contribution is 0.102. The monoisotopic (exact) mass is 391 g/mol. The molecular weight excluding hydrogens is 374 g/mol. The fourth-order valence-corrected chi connectivity index (χ4v) is 3.58. The van der Waals surface area contributed by atoms with Crippen LogP contribution in [0, 0.1) is 0 Å². The number of benzene rings is 3. The smallest absolute Gasteiger partial charge is 0.255 e. The molecule has 0 aliphatic heterocycles. The average Bonchev–Trinajstić information content (AvgIpc) is 3.12. The van der Waals surface area contributed by atoms with Gasteiger partial charge >= 0.3 is 0 Å². The molecule has 0 saturated carbocycles. The number of carbonyl (C=O) groups excluding carboxylic acids is 1. The van der Waals surface area contributed by atoms with Gasteiger partial charge in [0.2, 0.25) is 0 Å². The molecule has 0 radical (unpaired) electrons. The summed E-state index contributed by atoms with van der Waals surface area (Å²) >= 11 is 0. The highest BCUT2D eigenvalue weighted by Crippen LogP contribution is 2.28. The molecule has 0 unspecified atom stereocenters. The Morgan fingerprint density at radius 3 is 2.36 bits per heavy atom. The van der Waals surface area contributed by atoms with Crippen LogP contribution in [-0.4, -0.2) is 20.6 Å². The summed E-state index contributed by atoms with van der Waals surface area (Å²) in [6.07, 6.45) is 1.11. The van der Waals surface area contributed by atoms with E-state index in [4.69, 9.17) is 4.42 Å². The van der Waals surface area contributed by atoms with Crippen LogP contribution in [0.5, 0.6) is 0 Å². The van der Waals surface area contributed by atoms with Gasteiger partial charge in [0.25, 0.3) is 5.91 Å². The predicted octanol–water partition coefficient (Wildman–Crippen LogP) is 4.76. The van der Waals surface area contributed by atoms with E-state index >= 15 is 0 Å². The Bertz CT molecular complexity index is 1240. The largest absolute Gasteiger partial charge is 0.456 e. The first kappa shape index (κ1) is 18.0. The van der Waals surface area contributed by atoms with Crippen LogP contribution in [0.1, 0.15) is 10.4 Å². The normalized spacial score (nSPS) is 11.5. The van der Waals surface area contributed by atoms with Crippen molar-refractivity contribution in [3.8, 4) is 11.3 Å². The van der Waals surface area contributed by atoms with E-state index in [1.165, 1.54) is 12.1 Å². The van der Waals surface area contributed by atoms with Gasteiger partial charge in [-0.05, 0) is 54.6 Å². The molecule has 0 spiro atoms. The number of amides is 1. The summed E-state index contributed by atoms with van der Waals surface area (Å²) in [5.41, 5.74) is 2.60. The zero-order chi connectivity index (χ0) is 19.7. The van der Waals surface area contributed by atoms with E-state index < -0.39 is 9.84 Å². The fourth-order valence-electron chi connectivity index (χ4n) is 2.91. The highest BCUT2D eigenvalue weighted by Gasteiger charge is 2.12. The minimum absolute atomic E-state index is 0.111. The van der Waals surface area contributed by atoms with Gasteiger partial charge < -0.3 is 9.73 Å². The molecule has 3 aromatic carbocycles. The second kappa shape index (κ2) is 6.98. The first-order chi connectivity index (χ1) is 13.4. The van der Waals surface area contributed by atoms with Crippen LogP contribution >= 0.6 is 0 Å². The van der Waals surface area contributed by atoms with Crippen molar-refractivity contribution < 1.29 is 17.6 Å². The molecule has 4 rings (SSSR count). The zero-order valence-electron chi connectivity index (χ0n) is 15.0. The number of sulfone groups is 1. The molecule has 28 heavy (non-hydrogen) atoms. The lowest BCUT2D eigenvalue weighted by atomic mass is 10.1. The maximum absolute atomic E-state index is 12.4. The Morgan fingerprint density at radius 2 is 1.64 bits per heavy atom. The third kappa shape index (κ3) is 3.68. The minimum Gasteiger partial charge on any atom is -0.456 e. The van der Waals surface area contributed by atoms with Crippen molar-refractivity contribution in [3.63, 3.8) is 0 Å². The summed E-state index contributed by atoms with van der Waals surface area (Å²) in [5.74, 6) is 0.377. The number of para-hydroxylation sites is 1. The highest BCUT2D eigenvalue weighted by molar-refractivity contribution is 7.90. The molecule has 140 valence electrons. The molecule has 0 atom stereocenters. The number of nitrogens with one attached hydrogen (secondary N) is 1. The van der Waals surface area contributed by atoms with Gasteiger partial charge in [-0.2, -0.15) is 0 Å². The van der Waals surface area contributed by atoms with Gasteiger partial charge in [-0.15, -0.1) is 0 Å². The van der Waals surface area contributed by atoms with Crippen molar-refractivity contribution >= 4 is 32.4 Å². The van der Waals surface area contributed by atoms with Gasteiger partial charge in [0, 0.05) is 28.5 Å². The predicted molar refractivity (Wildman–Crippen MR) is 109 cm³/mol. The topological polar surface area (TPSA) is 76.4 Å². The summed E-state index contributed by atoms with van der Waals surface area (Å²) in [5, 5.41) is 3.81. The van der Waals surface area contributed by atoms with E-state index in [-0.39, 0.29) is 16.4 Å². The van der Waals surface area contributed by atoms with Gasteiger partial charge in [-0.1, -0.05) is 24.3 Å². The Morgan fingerprint density at radius 1 is 0.893 bits per heavy atom. The van der Waals surface area contributed by atoms with Crippen LogP contribution in [-0.2, 0) is 9.84 Å². The Kier molecular flexibility index (Phi) is 4.49. The average molecular weight is 391 g/mol. The van der Waals surface area contributed by atoms with Crippen molar-refractivity contribution in [2.75, 3.05) is 11.6 Å². The molecule has 0 saturated heterocycles. The van der Waals surface area contributed by atoms with Crippen molar-refractivity contribution in [1.29, 1.82) is 0 Å². The van der Waals surface area contributed by atoms with Gasteiger partial charge in [0.05, 0.1) is 4.90 Å². The molecule has 5 nitrogen and oxygen atoms in total. The third-order valence-electron chi connectivity index (χ3n) is 4.38. The lowest BCUT2D eigenvalue weighted by Gasteiger charge is -2.07. The molecule has 0 bridgehead atoms. The third-order valence-corrected chi connectivity index (χ3v) is 5.49. The minimum atomic E-state index is -3.37. The van der Waals surface area contributed by atoms with E-state index in [9.17, 15) is 13.2 Å². The number of furan rings is 1. The molecule has 1 aromatic heterocycles. The Labute approximate surface area is 162 Å². The van der Waals surface area contributed by atoms with Crippen molar-refractivity contribution in [1.82, 2.24) is 0 Å². The summed E-state index contributed by atoms with van der Waals surface area (Å²) in [7, 11) is -3.37. The number of anilines is 1. The standard InChI is InChI=1S/C22H17NO4S/c1-28(25,26)19-7-4-6-17(13-19)22(24)23-18-11-9-15(10-12-18)21-14-16-5-2-3-8-20(16)27-21/h2-14H,1H3,(H,23,24). The maximum Gasteiger partial charge on any atom is 0.255 e. The van der Waals surface area contributed by atoms with E-state index in [0.29, 0.717) is 5.69 Å². The van der Waals surface area contributed by atoms with Crippen LogP contribution in [0.3, 0.4) is 0 Å². The van der Waals surface area contributed by atoms with Gasteiger partial charge in [0.1, 0.15) is 11.3 Å². The quantitative estimate of drug-likeness (QED) is 0.544. The number of carbonyl (C=O) groups is 1. The van der Waals surface area contributed by atoms with Gasteiger partial charge in [-0.3, -0.25) is 4.79 Å². The van der Waals surface area contributed by atoms with Crippen LogP contribution in [0.4, 0.5) is 5.69 Å². The van der Waals surface area contributed by atoms with Crippen LogP contribution in [0.2, 0.25) is 0 Å². The second-order valence-electron chi connectivity index (χ2n) is 6.48. The number of fused-ring (bicyclic) bond motifs is 1. The molecular formula is C22H17NO4S. The van der Waals surface area contributed by atoms with Crippen LogP contribution in [0.25, 0.3) is 22.3 Å². The van der Waals surface area contributed by atoms with E-state index in [0.717, 1.165) is 28.5 Å². The second-order valence-corrected chi connectivity index (χ2v) is 8.50. The van der Waals surface area contributed by atoms with Crippen molar-refractivity contribution in [2.24, 2.45) is 0 Å². The molecule has 1 amide bonds. The molecule has 1 heterocycles. The van der Waals surface area contributed by atoms with E-state index in [2.05, 4.69) is 5.32 Å². The summed E-state index contributed by atoms with van der Waals surface area (Å²) in [6, 6.07) is 23.0. The van der Waals surface area contributed by atoms with E-state index in [1.807, 2.05) is 42.5 Å². The van der Waals surface area contributed by atoms with Crippen LogP contribution in [0.15, 0.2) is 88.2 Å². The van der Waals surface area contributed by atoms with Crippen LogP contribution < -0.4 is 5.32 Å². The number of rotatable bonds is 4. The molecule has 0 fully saturated rings. The lowest BCUT2D eigenvalue weighted by Crippen LogP contribution is -2.12. The van der Waals surface area contributed by atoms with Crippen molar-refractivity contribution in [3.05, 3.63) is 84.4 Å². The summed E-state index contributed by atoms with van der Waals surface area (Å²) in [6.45, 7) is 0. The number of hydrogen-bond acceptors (Lipinski definition) is 4. The highest BCUT2D eigenvalue weighted by atomic mass is 32.2. The van der Waals surface area contributed by atoms with Gasteiger partial charge in [0.15, 0.2) is 9.84 Å². The zero-order valence-corrected chi connectivity index (χ0v) is 15.9. The Hall–Kier alpha value is -3.38.